The normalized spacial score (nSPS) is 10.5. The van der Waals surface area contributed by atoms with Crippen molar-refractivity contribution >= 4 is 17.8 Å². The van der Waals surface area contributed by atoms with Gasteiger partial charge in [0.15, 0.2) is 0 Å². The average Bonchev–Trinajstić information content (AvgIpc) is 2.96. The van der Waals surface area contributed by atoms with Crippen molar-refractivity contribution in [1.29, 1.82) is 0 Å². The molecule has 0 fully saturated rings. The minimum absolute atomic E-state index is 0.0918. The number of nitrogens with zero attached hydrogens (tertiary/aromatic N) is 1. The van der Waals surface area contributed by atoms with Crippen molar-refractivity contribution < 1.29 is 19.5 Å². The molecule has 2 amide bonds. The highest BCUT2D eigenvalue weighted by Crippen LogP contribution is 2.28. The number of carbonyl (C=O) groups is 3. The summed E-state index contributed by atoms with van der Waals surface area (Å²) in [4.78, 5) is 39.9. The van der Waals surface area contributed by atoms with E-state index >= 15 is 0 Å². The molecule has 0 unspecified atom stereocenters. The Hall–Kier alpha value is -4.71. The lowest BCUT2D eigenvalue weighted by atomic mass is 9.94. The first-order valence-electron chi connectivity index (χ1n) is 12.6. The maximum atomic E-state index is 13.8. The number of carboxylic acid groups (broad SMARTS) is 1. The second kappa shape index (κ2) is 13.0. The van der Waals surface area contributed by atoms with Crippen LogP contribution in [0.15, 0.2) is 109 Å². The molecule has 4 aromatic rings. The van der Waals surface area contributed by atoms with Crippen LogP contribution in [-0.2, 0) is 17.8 Å². The van der Waals surface area contributed by atoms with Crippen LogP contribution in [0.5, 0.6) is 0 Å². The largest absolute Gasteiger partial charge is 0.481 e. The van der Waals surface area contributed by atoms with Gasteiger partial charge in [-0.15, -0.1) is 0 Å². The van der Waals surface area contributed by atoms with Crippen LogP contribution < -0.4 is 5.32 Å². The van der Waals surface area contributed by atoms with Crippen LogP contribution in [0, 0.1) is 0 Å². The van der Waals surface area contributed by atoms with Gasteiger partial charge in [-0.25, -0.2) is 0 Å². The van der Waals surface area contributed by atoms with E-state index < -0.39 is 5.97 Å². The van der Waals surface area contributed by atoms with Gasteiger partial charge in [0.05, 0.1) is 6.42 Å². The van der Waals surface area contributed by atoms with E-state index in [2.05, 4.69) is 5.32 Å². The van der Waals surface area contributed by atoms with Gasteiger partial charge in [0.1, 0.15) is 0 Å². The lowest BCUT2D eigenvalue weighted by molar-refractivity contribution is -0.137. The Balaban J connectivity index is 1.61. The number of amides is 2. The minimum atomic E-state index is -0.962. The molecule has 0 aliphatic heterocycles. The summed E-state index contributed by atoms with van der Waals surface area (Å²) in [5.41, 5.74) is 4.21. The quantitative estimate of drug-likeness (QED) is 0.284. The highest BCUT2D eigenvalue weighted by Gasteiger charge is 2.22. The number of nitrogens with one attached hydrogen (secondary N) is 1. The van der Waals surface area contributed by atoms with Gasteiger partial charge in [0.2, 0.25) is 0 Å². The van der Waals surface area contributed by atoms with E-state index in [1.807, 2.05) is 84.9 Å². The first kappa shape index (κ1) is 26.4. The molecule has 0 aliphatic carbocycles. The molecule has 0 radical (unpaired) electrons. The summed E-state index contributed by atoms with van der Waals surface area (Å²) >= 11 is 0. The van der Waals surface area contributed by atoms with Gasteiger partial charge in [-0.05, 0) is 40.8 Å². The molecule has 0 heterocycles. The van der Waals surface area contributed by atoms with Crippen LogP contribution in [-0.4, -0.2) is 40.9 Å². The fraction of sp³-hybridized carbons (Fsp3) is 0.156. The van der Waals surface area contributed by atoms with Crippen molar-refractivity contribution in [3.05, 3.63) is 131 Å². The predicted molar refractivity (Wildman–Crippen MR) is 148 cm³/mol. The van der Waals surface area contributed by atoms with Gasteiger partial charge in [-0.1, -0.05) is 97.1 Å². The van der Waals surface area contributed by atoms with E-state index in [-0.39, 0.29) is 24.8 Å². The second-order valence-electron chi connectivity index (χ2n) is 8.93. The molecule has 4 rings (SSSR count). The zero-order valence-corrected chi connectivity index (χ0v) is 21.0. The van der Waals surface area contributed by atoms with Gasteiger partial charge < -0.3 is 15.3 Å². The molecule has 0 bridgehead atoms. The van der Waals surface area contributed by atoms with Crippen LogP contribution in [0.25, 0.3) is 11.1 Å². The van der Waals surface area contributed by atoms with Crippen molar-refractivity contribution in [2.45, 2.75) is 19.4 Å². The van der Waals surface area contributed by atoms with Gasteiger partial charge in [0, 0.05) is 30.8 Å². The third-order valence-corrected chi connectivity index (χ3v) is 6.31. The highest BCUT2D eigenvalue weighted by molar-refractivity contribution is 6.06. The first-order valence-corrected chi connectivity index (χ1v) is 12.6. The Morgan fingerprint density at radius 1 is 0.632 bits per heavy atom. The molecule has 2 N–H and O–H groups in total. The Morgan fingerprint density at radius 3 is 1.79 bits per heavy atom. The molecule has 6 heteroatoms. The standard InChI is InChI=1S/C32H30N2O4/c35-30(36)20-22-34(21-19-24-11-3-1-4-12-24)32(38)29-18-10-8-16-27(29)26-15-7-9-17-28(26)31(37)33-23-25-13-5-2-6-14-25/h1-18H,19-23H2,(H,33,37)(H,35,36). The van der Waals surface area contributed by atoms with Crippen LogP contribution >= 0.6 is 0 Å². The number of aliphatic carboxylic acids is 1. The van der Waals surface area contributed by atoms with Gasteiger partial charge in [0.25, 0.3) is 11.8 Å². The SMILES string of the molecule is O=C(O)CCN(CCc1ccccc1)C(=O)c1ccccc1-c1ccccc1C(=O)NCc1ccccc1. The van der Waals surface area contributed by atoms with Crippen LogP contribution in [0.1, 0.15) is 38.3 Å². The zero-order chi connectivity index (χ0) is 26.7. The number of benzene rings is 4. The predicted octanol–water partition coefficient (Wildman–Crippen LogP) is 5.44. The van der Waals surface area contributed by atoms with Crippen molar-refractivity contribution in [2.24, 2.45) is 0 Å². The van der Waals surface area contributed by atoms with Crippen LogP contribution in [0.3, 0.4) is 0 Å². The number of rotatable bonds is 11. The molecule has 4 aromatic carbocycles. The molecule has 0 atom stereocenters. The topological polar surface area (TPSA) is 86.7 Å². The molecule has 38 heavy (non-hydrogen) atoms. The third kappa shape index (κ3) is 6.95. The minimum Gasteiger partial charge on any atom is -0.481 e. The summed E-state index contributed by atoms with van der Waals surface area (Å²) in [7, 11) is 0. The van der Waals surface area contributed by atoms with Gasteiger partial charge in [-0.2, -0.15) is 0 Å². The Labute approximate surface area is 222 Å². The number of carbonyl (C=O) groups excluding carboxylic acids is 2. The molecule has 0 saturated carbocycles. The van der Waals surface area contributed by atoms with E-state index in [1.54, 1.807) is 29.2 Å². The number of hydrogen-bond donors (Lipinski definition) is 2. The smallest absolute Gasteiger partial charge is 0.305 e. The Kier molecular flexibility index (Phi) is 9.03. The summed E-state index contributed by atoms with van der Waals surface area (Å²) in [5.74, 6) is -1.47. The van der Waals surface area contributed by atoms with Crippen LogP contribution in [0.2, 0.25) is 0 Å². The van der Waals surface area contributed by atoms with E-state index in [0.717, 1.165) is 11.1 Å². The van der Waals surface area contributed by atoms with E-state index in [4.69, 9.17) is 0 Å². The molecule has 0 aromatic heterocycles. The molecular formula is C32H30N2O4. The zero-order valence-electron chi connectivity index (χ0n) is 21.0. The highest BCUT2D eigenvalue weighted by atomic mass is 16.4. The van der Waals surface area contributed by atoms with Crippen LogP contribution in [0.4, 0.5) is 0 Å². The van der Waals surface area contributed by atoms with Gasteiger partial charge >= 0.3 is 5.97 Å². The first-order chi connectivity index (χ1) is 18.5. The van der Waals surface area contributed by atoms with Gasteiger partial charge in [-0.3, -0.25) is 14.4 Å². The number of hydrogen-bond acceptors (Lipinski definition) is 3. The summed E-state index contributed by atoms with van der Waals surface area (Å²) in [5, 5.41) is 12.2. The molecule has 6 nitrogen and oxygen atoms in total. The Bertz CT molecular complexity index is 1390. The maximum absolute atomic E-state index is 13.8. The molecule has 0 saturated heterocycles. The summed E-state index contributed by atoms with van der Waals surface area (Å²) in [6, 6.07) is 33.8. The number of carboxylic acids is 1. The van der Waals surface area contributed by atoms with Crippen molar-refractivity contribution in [2.75, 3.05) is 13.1 Å². The average molecular weight is 507 g/mol. The molecular weight excluding hydrogens is 476 g/mol. The third-order valence-electron chi connectivity index (χ3n) is 6.31. The molecule has 192 valence electrons. The van der Waals surface area contributed by atoms with Crippen molar-refractivity contribution in [3.8, 4) is 11.1 Å². The molecule has 0 spiro atoms. The fourth-order valence-electron chi connectivity index (χ4n) is 4.32. The lowest BCUT2D eigenvalue weighted by Crippen LogP contribution is -2.35. The summed E-state index contributed by atoms with van der Waals surface area (Å²) < 4.78 is 0. The summed E-state index contributed by atoms with van der Waals surface area (Å²) in [6.07, 6.45) is 0.452. The maximum Gasteiger partial charge on any atom is 0.305 e. The van der Waals surface area contributed by atoms with Crippen molar-refractivity contribution in [3.63, 3.8) is 0 Å². The second-order valence-corrected chi connectivity index (χ2v) is 8.93. The summed E-state index contributed by atoms with van der Waals surface area (Å²) in [6.45, 7) is 0.856. The fourth-order valence-corrected chi connectivity index (χ4v) is 4.32. The van der Waals surface area contributed by atoms with E-state index in [1.165, 1.54) is 0 Å². The monoisotopic (exact) mass is 506 g/mol. The van der Waals surface area contributed by atoms with E-state index in [0.29, 0.717) is 41.8 Å². The lowest BCUT2D eigenvalue weighted by Gasteiger charge is -2.24. The Morgan fingerprint density at radius 2 is 1.16 bits per heavy atom. The van der Waals surface area contributed by atoms with E-state index in [9.17, 15) is 19.5 Å². The molecule has 0 aliphatic rings. The van der Waals surface area contributed by atoms with Crippen molar-refractivity contribution in [1.82, 2.24) is 10.2 Å².